The summed E-state index contributed by atoms with van der Waals surface area (Å²) in [7, 11) is 0. The smallest absolute Gasteiger partial charge is 0.183 e. The molecule has 12 heteroatoms. The standard InChI is InChI=1S/C27H24F2N6O3.ClH/c1-2-37-18-13-21(28)20(22(29)14-18)16-35-23-6-4-3-5-19(23)25(34-35)27-31-15-24(38-12-11-36)26(33-27)32-17-7-9-30-10-8-17;/h3-10,13-15,36H,2,11-12,16H2,1H3,(H,30,31,32,33);1H. The van der Waals surface area contributed by atoms with E-state index in [2.05, 4.69) is 25.4 Å². The van der Waals surface area contributed by atoms with Crippen LogP contribution in [0.4, 0.5) is 20.3 Å². The lowest BCUT2D eigenvalue weighted by molar-refractivity contribution is 0.201. The molecule has 39 heavy (non-hydrogen) atoms. The second kappa shape index (κ2) is 12.5. The number of hydrogen-bond acceptors (Lipinski definition) is 8. The summed E-state index contributed by atoms with van der Waals surface area (Å²) in [5, 5.41) is 17.7. The van der Waals surface area contributed by atoms with Crippen molar-refractivity contribution < 1.29 is 23.4 Å². The monoisotopic (exact) mass is 554 g/mol. The van der Waals surface area contributed by atoms with Gasteiger partial charge in [-0.05, 0) is 25.1 Å². The van der Waals surface area contributed by atoms with Crippen molar-refractivity contribution in [1.29, 1.82) is 0 Å². The summed E-state index contributed by atoms with van der Waals surface area (Å²) in [6, 6.07) is 13.2. The summed E-state index contributed by atoms with van der Waals surface area (Å²) in [6.45, 7) is 1.78. The van der Waals surface area contributed by atoms with E-state index < -0.39 is 11.6 Å². The number of fused-ring (bicyclic) bond motifs is 1. The summed E-state index contributed by atoms with van der Waals surface area (Å²) in [5.41, 5.74) is 1.67. The molecule has 5 aromatic rings. The number of nitrogens with one attached hydrogen (secondary N) is 1. The number of halogens is 3. The first kappa shape index (κ1) is 27.7. The molecule has 0 atom stereocenters. The van der Waals surface area contributed by atoms with Crippen LogP contribution >= 0.6 is 12.4 Å². The first-order valence-electron chi connectivity index (χ1n) is 11.9. The molecule has 0 saturated heterocycles. The number of para-hydroxylation sites is 1. The Bertz CT molecular complexity index is 1550. The van der Waals surface area contributed by atoms with E-state index in [1.54, 1.807) is 31.5 Å². The fraction of sp³-hybridized carbons (Fsp3) is 0.185. The number of hydrogen-bond donors (Lipinski definition) is 2. The van der Waals surface area contributed by atoms with E-state index in [1.807, 2.05) is 24.3 Å². The van der Waals surface area contributed by atoms with Gasteiger partial charge >= 0.3 is 0 Å². The molecule has 3 aromatic heterocycles. The summed E-state index contributed by atoms with van der Waals surface area (Å²) in [4.78, 5) is 13.1. The van der Waals surface area contributed by atoms with Crippen molar-refractivity contribution in [2.45, 2.75) is 13.5 Å². The highest BCUT2D eigenvalue weighted by atomic mass is 35.5. The van der Waals surface area contributed by atoms with Crippen molar-refractivity contribution in [3.8, 4) is 23.0 Å². The molecule has 0 amide bonds. The van der Waals surface area contributed by atoms with Gasteiger partial charge in [0.2, 0.25) is 0 Å². The number of aliphatic hydroxyl groups excluding tert-OH is 1. The van der Waals surface area contributed by atoms with Crippen molar-refractivity contribution in [3.63, 3.8) is 0 Å². The number of pyridine rings is 1. The molecule has 2 aromatic carbocycles. The van der Waals surface area contributed by atoms with Crippen molar-refractivity contribution in [2.24, 2.45) is 0 Å². The summed E-state index contributed by atoms with van der Waals surface area (Å²) in [5.74, 6) is -0.345. The Kier molecular flexibility index (Phi) is 8.84. The third-order valence-corrected chi connectivity index (χ3v) is 5.65. The zero-order valence-corrected chi connectivity index (χ0v) is 21.7. The lowest BCUT2D eigenvalue weighted by Gasteiger charge is -2.12. The van der Waals surface area contributed by atoms with Crippen LogP contribution in [-0.4, -0.2) is 49.7 Å². The Morgan fingerprint density at radius 3 is 2.49 bits per heavy atom. The summed E-state index contributed by atoms with van der Waals surface area (Å²) < 4.78 is 42.0. The van der Waals surface area contributed by atoms with Crippen molar-refractivity contribution in [2.75, 3.05) is 25.1 Å². The van der Waals surface area contributed by atoms with Crippen LogP contribution in [0.1, 0.15) is 12.5 Å². The number of aromatic nitrogens is 5. The lowest BCUT2D eigenvalue weighted by atomic mass is 10.1. The van der Waals surface area contributed by atoms with Crippen LogP contribution in [-0.2, 0) is 6.54 Å². The van der Waals surface area contributed by atoms with Crippen molar-refractivity contribution >= 4 is 34.8 Å². The second-order valence-electron chi connectivity index (χ2n) is 8.16. The van der Waals surface area contributed by atoms with Crippen LogP contribution in [0.25, 0.3) is 22.4 Å². The topological polar surface area (TPSA) is 107 Å². The molecule has 0 aliphatic rings. The van der Waals surface area contributed by atoms with Gasteiger partial charge in [0, 0.05) is 41.2 Å². The average molecular weight is 555 g/mol. The van der Waals surface area contributed by atoms with Gasteiger partial charge in [-0.25, -0.2) is 18.7 Å². The molecular weight excluding hydrogens is 530 g/mol. The second-order valence-corrected chi connectivity index (χ2v) is 8.16. The quantitative estimate of drug-likeness (QED) is 0.244. The molecule has 2 N–H and O–H groups in total. The minimum Gasteiger partial charge on any atom is -0.494 e. The van der Waals surface area contributed by atoms with E-state index in [0.717, 1.165) is 5.69 Å². The maximum atomic E-state index is 14.8. The van der Waals surface area contributed by atoms with Gasteiger partial charge in [0.15, 0.2) is 17.4 Å². The van der Waals surface area contributed by atoms with E-state index in [-0.39, 0.29) is 49.3 Å². The SMILES string of the molecule is CCOc1cc(F)c(Cn2nc(-c3ncc(OCCO)c(Nc4ccncc4)n3)c3ccccc32)c(F)c1.Cl. The van der Waals surface area contributed by atoms with Crippen molar-refractivity contribution in [3.05, 3.63) is 84.3 Å². The zero-order valence-electron chi connectivity index (χ0n) is 20.8. The third-order valence-electron chi connectivity index (χ3n) is 5.65. The molecule has 0 radical (unpaired) electrons. The van der Waals surface area contributed by atoms with Gasteiger partial charge in [-0.2, -0.15) is 5.10 Å². The molecule has 5 rings (SSSR count). The van der Waals surface area contributed by atoms with Gasteiger partial charge in [0.05, 0.1) is 31.5 Å². The van der Waals surface area contributed by atoms with Crippen LogP contribution in [0.5, 0.6) is 11.5 Å². The van der Waals surface area contributed by atoms with E-state index in [0.29, 0.717) is 34.8 Å². The molecule has 0 unspecified atom stereocenters. The molecule has 3 heterocycles. The number of rotatable bonds is 10. The molecule has 0 aliphatic heterocycles. The molecule has 0 bridgehead atoms. The van der Waals surface area contributed by atoms with E-state index >= 15 is 0 Å². The molecule has 0 fully saturated rings. The largest absolute Gasteiger partial charge is 0.494 e. The Hall–Kier alpha value is -4.35. The number of anilines is 2. The predicted molar refractivity (Wildman–Crippen MR) is 145 cm³/mol. The van der Waals surface area contributed by atoms with Crippen LogP contribution < -0.4 is 14.8 Å². The zero-order chi connectivity index (χ0) is 26.5. The first-order chi connectivity index (χ1) is 18.6. The number of ether oxygens (including phenoxy) is 2. The van der Waals surface area contributed by atoms with Gasteiger partial charge in [0.1, 0.15) is 29.7 Å². The minimum absolute atomic E-state index is 0. The van der Waals surface area contributed by atoms with Gasteiger partial charge in [-0.1, -0.05) is 18.2 Å². The van der Waals surface area contributed by atoms with Crippen LogP contribution in [0, 0.1) is 11.6 Å². The van der Waals surface area contributed by atoms with Gasteiger partial charge in [0.25, 0.3) is 0 Å². The number of aliphatic hydroxyl groups is 1. The highest BCUT2D eigenvalue weighted by Gasteiger charge is 2.20. The van der Waals surface area contributed by atoms with E-state index in [4.69, 9.17) is 9.47 Å². The van der Waals surface area contributed by atoms with Gasteiger partial charge in [-0.3, -0.25) is 9.67 Å². The van der Waals surface area contributed by atoms with E-state index in [9.17, 15) is 13.9 Å². The molecule has 0 spiro atoms. The third kappa shape index (κ3) is 6.05. The fourth-order valence-electron chi connectivity index (χ4n) is 3.95. The summed E-state index contributed by atoms with van der Waals surface area (Å²) >= 11 is 0. The lowest BCUT2D eigenvalue weighted by Crippen LogP contribution is -2.08. The van der Waals surface area contributed by atoms with E-state index in [1.165, 1.54) is 23.0 Å². The maximum Gasteiger partial charge on any atom is 0.183 e. The van der Waals surface area contributed by atoms with Gasteiger partial charge in [-0.15, -0.1) is 12.4 Å². The molecule has 0 aliphatic carbocycles. The normalized spacial score (nSPS) is 10.8. The fourth-order valence-corrected chi connectivity index (χ4v) is 3.95. The average Bonchev–Trinajstić information content (AvgIpc) is 3.29. The Morgan fingerprint density at radius 1 is 1.03 bits per heavy atom. The van der Waals surface area contributed by atoms with Gasteiger partial charge < -0.3 is 19.9 Å². The Morgan fingerprint density at radius 2 is 1.77 bits per heavy atom. The molecule has 202 valence electrons. The molecular formula is C27H25ClF2N6O3. The minimum atomic E-state index is -0.722. The predicted octanol–water partition coefficient (Wildman–Crippen LogP) is 5.15. The van der Waals surface area contributed by atoms with Crippen LogP contribution in [0.2, 0.25) is 0 Å². The van der Waals surface area contributed by atoms with Crippen LogP contribution in [0.15, 0.2) is 67.1 Å². The molecule has 0 saturated carbocycles. The summed E-state index contributed by atoms with van der Waals surface area (Å²) in [6.07, 6.45) is 4.75. The Balaban J connectivity index is 0.00000353. The maximum absolute atomic E-state index is 14.8. The Labute approximate surface area is 228 Å². The molecule has 9 nitrogen and oxygen atoms in total. The number of benzene rings is 2. The number of nitrogens with zero attached hydrogens (tertiary/aromatic N) is 5. The van der Waals surface area contributed by atoms with Crippen molar-refractivity contribution in [1.82, 2.24) is 24.7 Å². The highest BCUT2D eigenvalue weighted by Crippen LogP contribution is 2.32. The van der Waals surface area contributed by atoms with Crippen LogP contribution in [0.3, 0.4) is 0 Å². The highest BCUT2D eigenvalue weighted by molar-refractivity contribution is 5.92. The first-order valence-corrected chi connectivity index (χ1v) is 11.9.